The van der Waals surface area contributed by atoms with Crippen LogP contribution in [0.15, 0.2) is 30.3 Å². The number of carbonyl (C=O) groups is 2. The number of nitrogens with one attached hydrogen (secondary N) is 1. The standard InChI is InChI=1S/C20H30N4O2.2ClH/c21-10-11-22-19(25)17-8-4-13-24(15-17)20(26)18-9-5-12-23(18)14-16-6-2-1-3-7-16;;/h1-3,6-7,17-18H,4-5,8-15,21H2,(H,22,25);2*1H. The molecule has 0 aliphatic carbocycles. The number of amides is 2. The van der Waals surface area contributed by atoms with Crippen LogP contribution in [0.1, 0.15) is 31.2 Å². The van der Waals surface area contributed by atoms with Gasteiger partial charge in [0.15, 0.2) is 0 Å². The third-order valence-corrected chi connectivity index (χ3v) is 5.42. The van der Waals surface area contributed by atoms with E-state index in [1.54, 1.807) is 0 Å². The first-order chi connectivity index (χ1) is 12.7. The molecule has 28 heavy (non-hydrogen) atoms. The van der Waals surface area contributed by atoms with Gasteiger partial charge in [-0.25, -0.2) is 0 Å². The number of halogens is 2. The van der Waals surface area contributed by atoms with Crippen LogP contribution in [0.4, 0.5) is 0 Å². The van der Waals surface area contributed by atoms with Crippen molar-refractivity contribution in [3.63, 3.8) is 0 Å². The summed E-state index contributed by atoms with van der Waals surface area (Å²) in [6.45, 7) is 4.00. The Labute approximate surface area is 180 Å². The van der Waals surface area contributed by atoms with Gasteiger partial charge in [0.05, 0.1) is 12.0 Å². The fourth-order valence-corrected chi connectivity index (χ4v) is 4.05. The minimum absolute atomic E-state index is 0. The first kappa shape index (κ1) is 24.7. The number of hydrogen-bond acceptors (Lipinski definition) is 4. The van der Waals surface area contributed by atoms with E-state index in [0.29, 0.717) is 19.6 Å². The highest BCUT2D eigenvalue weighted by atomic mass is 35.5. The van der Waals surface area contributed by atoms with Crippen LogP contribution in [0.25, 0.3) is 0 Å². The molecule has 6 nitrogen and oxygen atoms in total. The van der Waals surface area contributed by atoms with E-state index < -0.39 is 0 Å². The van der Waals surface area contributed by atoms with Crippen molar-refractivity contribution in [1.82, 2.24) is 15.1 Å². The predicted octanol–water partition coefficient (Wildman–Crippen LogP) is 1.81. The molecule has 1 aromatic carbocycles. The van der Waals surface area contributed by atoms with Crippen LogP contribution >= 0.6 is 24.8 Å². The molecule has 0 radical (unpaired) electrons. The lowest BCUT2D eigenvalue weighted by Crippen LogP contribution is -2.51. The zero-order chi connectivity index (χ0) is 18.4. The van der Waals surface area contributed by atoms with E-state index in [0.717, 1.165) is 45.3 Å². The Hall–Kier alpha value is -1.34. The Morgan fingerprint density at radius 1 is 1.07 bits per heavy atom. The van der Waals surface area contributed by atoms with Gasteiger partial charge in [-0.1, -0.05) is 30.3 Å². The van der Waals surface area contributed by atoms with E-state index in [1.165, 1.54) is 5.56 Å². The molecular formula is C20H32Cl2N4O2. The average molecular weight is 431 g/mol. The van der Waals surface area contributed by atoms with Gasteiger partial charge in [-0.3, -0.25) is 14.5 Å². The Balaban J connectivity index is 0.00000196. The molecule has 158 valence electrons. The van der Waals surface area contributed by atoms with E-state index in [4.69, 9.17) is 5.73 Å². The van der Waals surface area contributed by atoms with Crippen LogP contribution in [0.2, 0.25) is 0 Å². The van der Waals surface area contributed by atoms with Crippen molar-refractivity contribution in [2.45, 2.75) is 38.3 Å². The maximum absolute atomic E-state index is 13.1. The van der Waals surface area contributed by atoms with Gasteiger partial charge in [-0.2, -0.15) is 0 Å². The molecule has 2 heterocycles. The van der Waals surface area contributed by atoms with Crippen LogP contribution in [-0.4, -0.2) is 60.4 Å². The Kier molecular flexibility index (Phi) is 10.8. The molecule has 3 rings (SSSR count). The summed E-state index contributed by atoms with van der Waals surface area (Å²) in [6.07, 6.45) is 3.69. The first-order valence-corrected chi connectivity index (χ1v) is 9.73. The second-order valence-electron chi connectivity index (χ2n) is 7.32. The maximum atomic E-state index is 13.1. The van der Waals surface area contributed by atoms with Crippen molar-refractivity contribution in [2.24, 2.45) is 11.7 Å². The normalized spacial score (nSPS) is 22.1. The zero-order valence-electron chi connectivity index (χ0n) is 16.2. The van der Waals surface area contributed by atoms with Crippen molar-refractivity contribution in [3.8, 4) is 0 Å². The highest BCUT2D eigenvalue weighted by Crippen LogP contribution is 2.25. The molecular weight excluding hydrogens is 399 g/mol. The number of nitrogens with zero attached hydrogens (tertiary/aromatic N) is 2. The van der Waals surface area contributed by atoms with Gasteiger partial charge in [0, 0.05) is 32.7 Å². The summed E-state index contributed by atoms with van der Waals surface area (Å²) in [7, 11) is 0. The summed E-state index contributed by atoms with van der Waals surface area (Å²) in [6, 6.07) is 10.3. The van der Waals surface area contributed by atoms with Gasteiger partial charge in [0.25, 0.3) is 0 Å². The molecule has 0 bridgehead atoms. The fourth-order valence-electron chi connectivity index (χ4n) is 4.05. The number of carbonyl (C=O) groups excluding carboxylic acids is 2. The van der Waals surface area contributed by atoms with Gasteiger partial charge >= 0.3 is 0 Å². The monoisotopic (exact) mass is 430 g/mol. The van der Waals surface area contributed by atoms with Crippen molar-refractivity contribution in [1.29, 1.82) is 0 Å². The van der Waals surface area contributed by atoms with Crippen LogP contribution in [0.5, 0.6) is 0 Å². The summed E-state index contributed by atoms with van der Waals surface area (Å²) >= 11 is 0. The lowest BCUT2D eigenvalue weighted by Gasteiger charge is -2.35. The predicted molar refractivity (Wildman–Crippen MR) is 116 cm³/mol. The number of likely N-dealkylation sites (tertiary alicyclic amines) is 2. The number of hydrogen-bond donors (Lipinski definition) is 2. The second kappa shape index (κ2) is 12.3. The molecule has 0 aromatic heterocycles. The molecule has 0 spiro atoms. The lowest BCUT2D eigenvalue weighted by atomic mass is 9.96. The topological polar surface area (TPSA) is 78.7 Å². The molecule has 1 aromatic rings. The number of piperidine rings is 1. The SMILES string of the molecule is Cl.Cl.NCCNC(=O)C1CCCN(C(=O)C2CCCN2Cc2ccccc2)C1. The third-order valence-electron chi connectivity index (χ3n) is 5.42. The third kappa shape index (κ3) is 6.34. The smallest absolute Gasteiger partial charge is 0.239 e. The lowest BCUT2D eigenvalue weighted by molar-refractivity contribution is -0.139. The van der Waals surface area contributed by atoms with Gasteiger partial charge < -0.3 is 16.0 Å². The van der Waals surface area contributed by atoms with Crippen LogP contribution in [0, 0.1) is 5.92 Å². The quantitative estimate of drug-likeness (QED) is 0.720. The summed E-state index contributed by atoms with van der Waals surface area (Å²) in [5, 5.41) is 2.86. The first-order valence-electron chi connectivity index (χ1n) is 9.73. The average Bonchev–Trinajstić information content (AvgIpc) is 3.14. The Morgan fingerprint density at radius 3 is 2.50 bits per heavy atom. The Morgan fingerprint density at radius 2 is 1.79 bits per heavy atom. The molecule has 8 heteroatoms. The van der Waals surface area contributed by atoms with Crippen molar-refractivity contribution in [3.05, 3.63) is 35.9 Å². The van der Waals surface area contributed by atoms with Gasteiger partial charge in [-0.15, -0.1) is 24.8 Å². The minimum Gasteiger partial charge on any atom is -0.355 e. The fraction of sp³-hybridized carbons (Fsp3) is 0.600. The number of benzene rings is 1. The van der Waals surface area contributed by atoms with E-state index in [1.807, 2.05) is 23.1 Å². The number of nitrogens with two attached hydrogens (primary N) is 1. The molecule has 2 aliphatic rings. The maximum Gasteiger partial charge on any atom is 0.239 e. The number of rotatable bonds is 6. The summed E-state index contributed by atoms with van der Waals surface area (Å²) < 4.78 is 0. The van der Waals surface area contributed by atoms with Gasteiger partial charge in [0.1, 0.15) is 0 Å². The second-order valence-corrected chi connectivity index (χ2v) is 7.32. The van der Waals surface area contributed by atoms with Crippen molar-refractivity contribution < 1.29 is 9.59 Å². The molecule has 2 atom stereocenters. The van der Waals surface area contributed by atoms with E-state index in [2.05, 4.69) is 22.3 Å². The molecule has 2 aliphatic heterocycles. The highest BCUT2D eigenvalue weighted by molar-refractivity contribution is 5.86. The van der Waals surface area contributed by atoms with Crippen molar-refractivity contribution in [2.75, 3.05) is 32.7 Å². The van der Waals surface area contributed by atoms with E-state index >= 15 is 0 Å². The molecule has 3 N–H and O–H groups in total. The molecule has 2 fully saturated rings. The largest absolute Gasteiger partial charge is 0.355 e. The minimum atomic E-state index is -0.108. The summed E-state index contributed by atoms with van der Waals surface area (Å²) in [4.78, 5) is 29.5. The van der Waals surface area contributed by atoms with E-state index in [-0.39, 0.29) is 48.6 Å². The van der Waals surface area contributed by atoms with Gasteiger partial charge in [-0.05, 0) is 37.8 Å². The van der Waals surface area contributed by atoms with Crippen LogP contribution in [0.3, 0.4) is 0 Å². The van der Waals surface area contributed by atoms with Crippen molar-refractivity contribution >= 4 is 36.6 Å². The highest BCUT2D eigenvalue weighted by Gasteiger charge is 2.36. The van der Waals surface area contributed by atoms with Crippen LogP contribution < -0.4 is 11.1 Å². The molecule has 2 unspecified atom stereocenters. The zero-order valence-corrected chi connectivity index (χ0v) is 17.9. The van der Waals surface area contributed by atoms with Crippen LogP contribution in [-0.2, 0) is 16.1 Å². The molecule has 2 amide bonds. The van der Waals surface area contributed by atoms with Gasteiger partial charge in [0.2, 0.25) is 11.8 Å². The van der Waals surface area contributed by atoms with E-state index in [9.17, 15) is 9.59 Å². The summed E-state index contributed by atoms with van der Waals surface area (Å²) in [5.74, 6) is 0.110. The molecule has 0 saturated carbocycles. The molecule has 2 saturated heterocycles. The summed E-state index contributed by atoms with van der Waals surface area (Å²) in [5.41, 5.74) is 6.70. The Bertz CT molecular complexity index is 617.